The van der Waals surface area contributed by atoms with Crippen LogP contribution in [-0.4, -0.2) is 11.0 Å². The van der Waals surface area contributed by atoms with E-state index in [9.17, 15) is 17.6 Å². The number of nitrogens with zero attached hydrogens (tertiary/aromatic N) is 1. The van der Waals surface area contributed by atoms with Crippen molar-refractivity contribution >= 4 is 11.3 Å². The van der Waals surface area contributed by atoms with Gasteiger partial charge in [-0.15, -0.1) is 11.3 Å². The second-order valence-corrected chi connectivity index (χ2v) is 5.70. The molecule has 0 bridgehead atoms. The molecule has 0 aliphatic carbocycles. The van der Waals surface area contributed by atoms with E-state index < -0.39 is 17.6 Å². The van der Waals surface area contributed by atoms with E-state index >= 15 is 0 Å². The normalized spacial score (nSPS) is 12.1. The molecule has 0 aliphatic heterocycles. The maximum atomic E-state index is 14.0. The average molecular weight is 318 g/mol. The number of rotatable bonds is 4. The highest BCUT2D eigenvalue weighted by molar-refractivity contribution is 7.13. The summed E-state index contributed by atoms with van der Waals surface area (Å²) in [5.41, 5.74) is -0.705. The van der Waals surface area contributed by atoms with Crippen molar-refractivity contribution in [2.75, 3.05) is 0 Å². The molecule has 0 aliphatic rings. The summed E-state index contributed by atoms with van der Waals surface area (Å²) in [6, 6.07) is 3.49. The predicted octanol–water partition coefficient (Wildman–Crippen LogP) is 4.47. The third kappa shape index (κ3) is 3.79. The van der Waals surface area contributed by atoms with Gasteiger partial charge < -0.3 is 5.32 Å². The molecule has 21 heavy (non-hydrogen) atoms. The fraction of sp³-hybridized carbons (Fsp3) is 0.357. The first-order valence-electron chi connectivity index (χ1n) is 6.33. The molecule has 1 aromatic carbocycles. The second-order valence-electron chi connectivity index (χ2n) is 4.84. The number of hydrogen-bond acceptors (Lipinski definition) is 3. The van der Waals surface area contributed by atoms with E-state index in [4.69, 9.17) is 0 Å². The van der Waals surface area contributed by atoms with E-state index in [1.807, 2.05) is 13.8 Å². The van der Waals surface area contributed by atoms with Gasteiger partial charge in [-0.05, 0) is 12.1 Å². The van der Waals surface area contributed by atoms with Gasteiger partial charge in [-0.3, -0.25) is 0 Å². The fourth-order valence-electron chi connectivity index (χ4n) is 1.74. The van der Waals surface area contributed by atoms with Crippen molar-refractivity contribution < 1.29 is 17.6 Å². The minimum Gasteiger partial charge on any atom is -0.309 e. The molecule has 0 spiro atoms. The van der Waals surface area contributed by atoms with Gasteiger partial charge in [0.15, 0.2) is 0 Å². The highest BCUT2D eigenvalue weighted by Crippen LogP contribution is 2.36. The minimum absolute atomic E-state index is 0.120. The SMILES string of the molecule is CC(C)NCc1csc(-c2cccc(C(F)(F)F)c2F)n1. The molecule has 1 heterocycles. The van der Waals surface area contributed by atoms with Crippen LogP contribution in [0.15, 0.2) is 23.6 Å². The molecule has 0 saturated heterocycles. The average Bonchev–Trinajstić information content (AvgIpc) is 2.83. The Labute approximate surface area is 123 Å². The van der Waals surface area contributed by atoms with Gasteiger partial charge >= 0.3 is 6.18 Å². The molecule has 7 heteroatoms. The van der Waals surface area contributed by atoms with Gasteiger partial charge in [0, 0.05) is 23.5 Å². The number of aromatic nitrogens is 1. The van der Waals surface area contributed by atoms with E-state index in [2.05, 4.69) is 10.3 Å². The second kappa shape index (κ2) is 6.11. The summed E-state index contributed by atoms with van der Waals surface area (Å²) < 4.78 is 52.1. The monoisotopic (exact) mass is 318 g/mol. The van der Waals surface area contributed by atoms with Crippen LogP contribution in [0.5, 0.6) is 0 Å². The van der Waals surface area contributed by atoms with Crippen LogP contribution in [-0.2, 0) is 12.7 Å². The van der Waals surface area contributed by atoms with Gasteiger partial charge in [0.2, 0.25) is 0 Å². The van der Waals surface area contributed by atoms with Crippen molar-refractivity contribution in [3.8, 4) is 10.6 Å². The standard InChI is InChI=1S/C14H14F4N2S/c1-8(2)19-6-9-7-21-13(20-9)10-4-3-5-11(12(10)15)14(16,17)18/h3-5,7-8,19H,6H2,1-2H3. The van der Waals surface area contributed by atoms with Crippen LogP contribution in [0.2, 0.25) is 0 Å². The molecule has 0 saturated carbocycles. The van der Waals surface area contributed by atoms with Crippen LogP contribution < -0.4 is 5.32 Å². The van der Waals surface area contributed by atoms with Crippen LogP contribution in [0, 0.1) is 5.82 Å². The minimum atomic E-state index is -4.71. The topological polar surface area (TPSA) is 24.9 Å². The Bertz CT molecular complexity index is 620. The molecular formula is C14H14F4N2S. The molecule has 0 amide bonds. The molecule has 2 aromatic rings. The lowest BCUT2D eigenvalue weighted by atomic mass is 10.1. The lowest BCUT2D eigenvalue weighted by molar-refractivity contribution is -0.139. The molecule has 0 fully saturated rings. The van der Waals surface area contributed by atoms with Gasteiger partial charge in [0.05, 0.1) is 11.3 Å². The van der Waals surface area contributed by atoms with Crippen molar-refractivity contribution in [2.45, 2.75) is 32.6 Å². The Balaban J connectivity index is 2.31. The summed E-state index contributed by atoms with van der Waals surface area (Å²) in [6.45, 7) is 4.44. The molecule has 0 atom stereocenters. The van der Waals surface area contributed by atoms with Crippen LogP contribution in [0.25, 0.3) is 10.6 Å². The van der Waals surface area contributed by atoms with Crippen molar-refractivity contribution in [2.24, 2.45) is 0 Å². The first-order valence-corrected chi connectivity index (χ1v) is 7.21. The number of thiazole rings is 1. The molecule has 2 rings (SSSR count). The van der Waals surface area contributed by atoms with Gasteiger partial charge in [-0.2, -0.15) is 13.2 Å². The molecule has 114 valence electrons. The Hall–Kier alpha value is -1.47. The summed E-state index contributed by atoms with van der Waals surface area (Å²) in [7, 11) is 0. The van der Waals surface area contributed by atoms with E-state index in [0.29, 0.717) is 12.2 Å². The maximum absolute atomic E-state index is 14.0. The summed E-state index contributed by atoms with van der Waals surface area (Å²) in [5.74, 6) is -1.28. The molecule has 1 aromatic heterocycles. The van der Waals surface area contributed by atoms with Crippen LogP contribution >= 0.6 is 11.3 Å². The van der Waals surface area contributed by atoms with Gasteiger partial charge in [0.25, 0.3) is 0 Å². The van der Waals surface area contributed by atoms with E-state index in [1.54, 1.807) is 5.38 Å². The first kappa shape index (κ1) is 15.9. The fourth-order valence-corrected chi connectivity index (χ4v) is 2.57. The third-order valence-electron chi connectivity index (χ3n) is 2.78. The highest BCUT2D eigenvalue weighted by atomic mass is 32.1. The largest absolute Gasteiger partial charge is 0.419 e. The maximum Gasteiger partial charge on any atom is 0.419 e. The smallest absolute Gasteiger partial charge is 0.309 e. The van der Waals surface area contributed by atoms with Crippen LogP contribution in [0.3, 0.4) is 0 Å². The van der Waals surface area contributed by atoms with E-state index in [0.717, 1.165) is 17.4 Å². The van der Waals surface area contributed by atoms with Gasteiger partial charge in [-0.1, -0.05) is 19.9 Å². The molecular weight excluding hydrogens is 304 g/mol. The van der Waals surface area contributed by atoms with E-state index in [-0.39, 0.29) is 16.6 Å². The molecule has 2 nitrogen and oxygen atoms in total. The number of alkyl halides is 3. The van der Waals surface area contributed by atoms with Crippen molar-refractivity contribution in [3.05, 3.63) is 40.7 Å². The summed E-state index contributed by atoms with van der Waals surface area (Å²) in [6.07, 6.45) is -4.71. The van der Waals surface area contributed by atoms with Gasteiger partial charge in [0.1, 0.15) is 10.8 Å². The number of nitrogens with one attached hydrogen (secondary N) is 1. The number of halogens is 4. The zero-order chi connectivity index (χ0) is 15.6. The molecule has 0 radical (unpaired) electrons. The van der Waals surface area contributed by atoms with Crippen molar-refractivity contribution in [1.82, 2.24) is 10.3 Å². The number of hydrogen-bond donors (Lipinski definition) is 1. The number of benzene rings is 1. The summed E-state index contributed by atoms with van der Waals surface area (Å²) in [4.78, 5) is 4.19. The Kier molecular flexibility index (Phi) is 4.63. The molecule has 1 N–H and O–H groups in total. The van der Waals surface area contributed by atoms with Crippen LogP contribution in [0.1, 0.15) is 25.1 Å². The van der Waals surface area contributed by atoms with Crippen molar-refractivity contribution in [1.29, 1.82) is 0 Å². The molecule has 0 unspecified atom stereocenters. The van der Waals surface area contributed by atoms with Crippen molar-refractivity contribution in [3.63, 3.8) is 0 Å². The summed E-state index contributed by atoms with van der Waals surface area (Å²) >= 11 is 1.13. The zero-order valence-corrected chi connectivity index (χ0v) is 12.3. The quantitative estimate of drug-likeness (QED) is 0.842. The third-order valence-corrected chi connectivity index (χ3v) is 3.70. The first-order chi connectivity index (χ1) is 9.79. The Morgan fingerprint density at radius 3 is 2.62 bits per heavy atom. The Morgan fingerprint density at radius 2 is 2.00 bits per heavy atom. The Morgan fingerprint density at radius 1 is 1.29 bits per heavy atom. The highest BCUT2D eigenvalue weighted by Gasteiger charge is 2.35. The zero-order valence-electron chi connectivity index (χ0n) is 11.5. The predicted molar refractivity (Wildman–Crippen MR) is 74.5 cm³/mol. The summed E-state index contributed by atoms with van der Waals surface area (Å²) in [5, 5.41) is 5.11. The van der Waals surface area contributed by atoms with E-state index in [1.165, 1.54) is 12.1 Å². The van der Waals surface area contributed by atoms with Crippen LogP contribution in [0.4, 0.5) is 17.6 Å². The van der Waals surface area contributed by atoms with Gasteiger partial charge in [-0.25, -0.2) is 9.37 Å². The lowest BCUT2D eigenvalue weighted by Gasteiger charge is -2.09. The lowest BCUT2D eigenvalue weighted by Crippen LogP contribution is -2.21.